The van der Waals surface area contributed by atoms with E-state index in [-0.39, 0.29) is 0 Å². The van der Waals surface area contributed by atoms with Crippen molar-refractivity contribution in [2.24, 2.45) is 0 Å². The Morgan fingerprint density at radius 1 is 0.351 bits per heavy atom. The smallest absolute Gasteiger partial charge is 0.188 e. The number of rotatable bonds is 5. The predicted molar refractivity (Wildman–Crippen MR) is 235 cm³/mol. The van der Waals surface area contributed by atoms with Crippen LogP contribution in [0.5, 0.6) is 0 Å². The molecule has 0 atom stereocenters. The molecular formula is C52H31N5. The van der Waals surface area contributed by atoms with Gasteiger partial charge in [0.25, 0.3) is 0 Å². The molecule has 0 unspecified atom stereocenters. The molecule has 0 aliphatic carbocycles. The quantitative estimate of drug-likeness (QED) is 0.166. The minimum atomic E-state index is 0.614. The van der Waals surface area contributed by atoms with E-state index in [9.17, 15) is 0 Å². The lowest BCUT2D eigenvalue weighted by Crippen LogP contribution is -2.00. The molecule has 2 aromatic heterocycles. The second-order valence-electron chi connectivity index (χ2n) is 14.4. The van der Waals surface area contributed by atoms with Crippen molar-refractivity contribution in [3.05, 3.63) is 199 Å². The maximum Gasteiger partial charge on any atom is 0.188 e. The lowest BCUT2D eigenvalue weighted by atomic mass is 10.0. The van der Waals surface area contributed by atoms with Crippen molar-refractivity contribution in [3.63, 3.8) is 0 Å². The van der Waals surface area contributed by atoms with Gasteiger partial charge in [-0.2, -0.15) is 0 Å². The maximum atomic E-state index is 7.75. The van der Waals surface area contributed by atoms with Gasteiger partial charge in [0.15, 0.2) is 23.2 Å². The molecule has 0 saturated heterocycles. The Morgan fingerprint density at radius 2 is 0.789 bits per heavy atom. The summed E-state index contributed by atoms with van der Waals surface area (Å²) in [7, 11) is 0. The summed E-state index contributed by atoms with van der Waals surface area (Å²) in [6.45, 7) is 7.75. The monoisotopic (exact) mass is 725 g/mol. The van der Waals surface area contributed by atoms with Crippen LogP contribution in [0.25, 0.3) is 110 Å². The maximum absolute atomic E-state index is 7.75. The van der Waals surface area contributed by atoms with Gasteiger partial charge < -0.3 is 4.57 Å². The second-order valence-corrected chi connectivity index (χ2v) is 14.4. The molecule has 11 rings (SSSR count). The van der Waals surface area contributed by atoms with Crippen LogP contribution in [-0.2, 0) is 0 Å². The Morgan fingerprint density at radius 3 is 1.37 bits per heavy atom. The molecule has 2 heterocycles. The molecule has 0 bridgehead atoms. The van der Waals surface area contributed by atoms with E-state index < -0.39 is 0 Å². The molecule has 5 heteroatoms. The minimum absolute atomic E-state index is 0.614. The molecule has 11 aromatic rings. The first-order chi connectivity index (χ1) is 28.1. The highest BCUT2D eigenvalue weighted by atomic mass is 15.0. The number of aromatic nitrogens is 4. The van der Waals surface area contributed by atoms with Crippen LogP contribution in [0.3, 0.4) is 0 Å². The number of nitrogens with zero attached hydrogens (tertiary/aromatic N) is 5. The highest BCUT2D eigenvalue weighted by molar-refractivity contribution is 6.11. The standard InChI is InChI=1S/C52H31N5/c1-53-44-24-27-49-47(32-44)46-31-41(23-26-48(46)57(49)45-25-22-35-10-4-7-13-40(35)30-45)36-14-18-37(19-15-36)50-54-51(42-20-16-33-8-2-5-11-38(33)28-42)56-52(55-50)43-21-17-34-9-3-6-12-39(34)29-43/h2-32H. The van der Waals surface area contributed by atoms with E-state index in [2.05, 4.69) is 185 Å². The molecule has 0 saturated carbocycles. The van der Waals surface area contributed by atoms with Gasteiger partial charge >= 0.3 is 0 Å². The Labute approximate surface area is 328 Å². The topological polar surface area (TPSA) is 48.0 Å². The number of benzene rings is 9. The molecule has 0 aliphatic heterocycles. The zero-order valence-electron chi connectivity index (χ0n) is 30.6. The fourth-order valence-corrected chi connectivity index (χ4v) is 8.09. The van der Waals surface area contributed by atoms with E-state index in [0.29, 0.717) is 23.2 Å². The van der Waals surface area contributed by atoms with E-state index >= 15 is 0 Å². The normalized spacial score (nSPS) is 11.5. The fourth-order valence-electron chi connectivity index (χ4n) is 8.09. The Hall–Kier alpha value is -7.94. The van der Waals surface area contributed by atoms with Gasteiger partial charge in [-0.05, 0) is 97.4 Å². The highest BCUT2D eigenvalue weighted by Gasteiger charge is 2.16. The van der Waals surface area contributed by atoms with E-state index in [1.165, 1.54) is 21.5 Å². The van der Waals surface area contributed by atoms with Crippen molar-refractivity contribution < 1.29 is 0 Å². The SMILES string of the molecule is [C-]#[N+]c1ccc2c(c1)c1cc(-c3ccc(-c4nc(-c5ccc6ccccc6c5)nc(-c5ccc6ccccc6c5)n4)cc3)ccc1n2-c1ccc2ccccc2c1. The molecule has 9 aromatic carbocycles. The van der Waals surface area contributed by atoms with Crippen LogP contribution in [-0.4, -0.2) is 19.5 Å². The molecule has 0 fully saturated rings. The number of hydrogen-bond acceptors (Lipinski definition) is 3. The number of fused-ring (bicyclic) bond motifs is 6. The molecule has 57 heavy (non-hydrogen) atoms. The first-order valence-electron chi connectivity index (χ1n) is 19.0. The minimum Gasteiger partial charge on any atom is -0.309 e. The van der Waals surface area contributed by atoms with Crippen LogP contribution in [0.4, 0.5) is 5.69 Å². The van der Waals surface area contributed by atoms with Crippen molar-refractivity contribution in [3.8, 4) is 51.0 Å². The Bertz CT molecular complexity index is 3330. The molecule has 264 valence electrons. The fraction of sp³-hybridized carbons (Fsp3) is 0. The molecule has 5 nitrogen and oxygen atoms in total. The highest BCUT2D eigenvalue weighted by Crippen LogP contribution is 2.38. The molecule has 0 amide bonds. The number of hydrogen-bond donors (Lipinski definition) is 0. The largest absolute Gasteiger partial charge is 0.309 e. The first-order valence-corrected chi connectivity index (χ1v) is 19.0. The third kappa shape index (κ3) is 5.67. The van der Waals surface area contributed by atoms with Gasteiger partial charge in [0, 0.05) is 27.8 Å². The first kappa shape index (κ1) is 32.5. The van der Waals surface area contributed by atoms with Gasteiger partial charge in [-0.25, -0.2) is 19.8 Å². The molecule has 0 N–H and O–H groups in total. The summed E-state index contributed by atoms with van der Waals surface area (Å²) >= 11 is 0. The van der Waals surface area contributed by atoms with Crippen molar-refractivity contribution in [2.45, 2.75) is 0 Å². The molecule has 0 radical (unpaired) electrons. The average Bonchev–Trinajstić information content (AvgIpc) is 3.61. The van der Waals surface area contributed by atoms with Gasteiger partial charge in [0.05, 0.1) is 17.6 Å². The summed E-state index contributed by atoms with van der Waals surface area (Å²) in [5, 5.41) is 9.16. The van der Waals surface area contributed by atoms with Crippen molar-refractivity contribution in [2.75, 3.05) is 0 Å². The summed E-state index contributed by atoms with van der Waals surface area (Å²) in [5.74, 6) is 1.87. The van der Waals surface area contributed by atoms with E-state index in [1.807, 2.05) is 12.1 Å². The molecule has 0 spiro atoms. The van der Waals surface area contributed by atoms with Gasteiger partial charge in [-0.15, -0.1) is 0 Å². The van der Waals surface area contributed by atoms with Crippen LogP contribution in [0.1, 0.15) is 0 Å². The third-order valence-electron chi connectivity index (χ3n) is 11.0. The van der Waals surface area contributed by atoms with Gasteiger partial charge in [0.2, 0.25) is 0 Å². The van der Waals surface area contributed by atoms with Crippen molar-refractivity contribution in [1.29, 1.82) is 0 Å². The van der Waals surface area contributed by atoms with Crippen LogP contribution in [0.15, 0.2) is 188 Å². The van der Waals surface area contributed by atoms with Crippen molar-refractivity contribution >= 4 is 59.8 Å². The van der Waals surface area contributed by atoms with Crippen LogP contribution >= 0.6 is 0 Å². The lowest BCUT2D eigenvalue weighted by molar-refractivity contribution is 1.08. The van der Waals surface area contributed by atoms with Crippen LogP contribution in [0, 0.1) is 6.57 Å². The van der Waals surface area contributed by atoms with E-state index in [1.54, 1.807) is 0 Å². The summed E-state index contributed by atoms with van der Waals surface area (Å²) < 4.78 is 2.30. The predicted octanol–water partition coefficient (Wildman–Crippen LogP) is 13.6. The zero-order valence-corrected chi connectivity index (χ0v) is 30.6. The summed E-state index contributed by atoms with van der Waals surface area (Å²) in [5.41, 5.74) is 8.82. The molecular weight excluding hydrogens is 695 g/mol. The summed E-state index contributed by atoms with van der Waals surface area (Å²) in [6, 6.07) is 65.5. The Balaban J connectivity index is 1.02. The average molecular weight is 726 g/mol. The van der Waals surface area contributed by atoms with E-state index in [0.717, 1.165) is 66.1 Å². The summed E-state index contributed by atoms with van der Waals surface area (Å²) in [6.07, 6.45) is 0. The Kier molecular flexibility index (Phi) is 7.48. The van der Waals surface area contributed by atoms with Gasteiger partial charge in [0.1, 0.15) is 0 Å². The van der Waals surface area contributed by atoms with Gasteiger partial charge in [-0.3, -0.25) is 0 Å². The summed E-state index contributed by atoms with van der Waals surface area (Å²) in [4.78, 5) is 18.9. The van der Waals surface area contributed by atoms with Crippen molar-refractivity contribution in [1.82, 2.24) is 19.5 Å². The van der Waals surface area contributed by atoms with E-state index in [4.69, 9.17) is 21.5 Å². The van der Waals surface area contributed by atoms with Crippen LogP contribution in [0.2, 0.25) is 0 Å². The third-order valence-corrected chi connectivity index (χ3v) is 11.0. The zero-order chi connectivity index (χ0) is 37.9. The lowest BCUT2D eigenvalue weighted by Gasteiger charge is -2.11. The molecule has 0 aliphatic rings. The second kappa shape index (κ2) is 13.1. The van der Waals surface area contributed by atoms with Crippen LogP contribution < -0.4 is 0 Å². The van der Waals surface area contributed by atoms with Gasteiger partial charge in [-0.1, -0.05) is 140 Å².